The molecular weight excluding hydrogens is 459 g/mol. The summed E-state index contributed by atoms with van der Waals surface area (Å²) in [5.41, 5.74) is 0.564. The van der Waals surface area contributed by atoms with E-state index in [1.54, 1.807) is 0 Å². The molecule has 9 nitrogen and oxygen atoms in total. The quantitative estimate of drug-likeness (QED) is 0.181. The Bertz CT molecular complexity index is 1050. The monoisotopic (exact) mass is 477 g/mol. The second-order valence-corrected chi connectivity index (χ2v) is 6.52. The molecule has 2 aromatic heterocycles. The number of pyridine rings is 1. The number of esters is 2. The normalized spacial score (nSPS) is 11.1. The summed E-state index contributed by atoms with van der Waals surface area (Å²) in [6.07, 6.45) is -3.75. The van der Waals surface area contributed by atoms with Crippen molar-refractivity contribution in [2.45, 2.75) is 26.9 Å². The van der Waals surface area contributed by atoms with Crippen molar-refractivity contribution in [3.05, 3.63) is 39.5 Å². The number of aromatic hydroxyl groups is 2. The van der Waals surface area contributed by atoms with E-state index >= 15 is 0 Å². The van der Waals surface area contributed by atoms with Crippen molar-refractivity contribution in [2.24, 2.45) is 0 Å². The molecule has 0 aromatic carbocycles. The van der Waals surface area contributed by atoms with Crippen LogP contribution in [0.25, 0.3) is 6.08 Å². The highest BCUT2D eigenvalue weighted by Crippen LogP contribution is 2.37. The minimum absolute atomic E-state index is 0.0269. The minimum atomic E-state index is -4.72. The van der Waals surface area contributed by atoms with Crippen LogP contribution in [0.1, 0.15) is 30.5 Å². The molecule has 0 unspecified atom stereocenters. The number of aromatic nitrogens is 2. The minimum Gasteiger partial charge on any atom is -0.493 e. The highest BCUT2D eigenvalue weighted by atomic mass is 35.5. The van der Waals surface area contributed by atoms with Gasteiger partial charge in [-0.1, -0.05) is 11.6 Å². The van der Waals surface area contributed by atoms with Gasteiger partial charge in [-0.15, -0.1) is 0 Å². The van der Waals surface area contributed by atoms with Gasteiger partial charge in [0.05, 0.1) is 18.8 Å². The molecule has 2 aromatic rings. The molecule has 0 saturated carbocycles. The molecule has 32 heavy (non-hydrogen) atoms. The van der Waals surface area contributed by atoms with Crippen LogP contribution in [0.3, 0.4) is 0 Å². The zero-order chi connectivity index (χ0) is 24.2. The number of ether oxygens (including phenoxy) is 2. The highest BCUT2D eigenvalue weighted by molar-refractivity contribution is 6.30. The Morgan fingerprint density at radius 1 is 1.16 bits per heavy atom. The summed E-state index contributed by atoms with van der Waals surface area (Å²) in [6, 6.07) is 1.60. The number of carbonyl (C=O) groups is 2. The van der Waals surface area contributed by atoms with E-state index in [1.165, 1.54) is 20.8 Å². The van der Waals surface area contributed by atoms with Gasteiger partial charge in [-0.3, -0.25) is 5.43 Å². The van der Waals surface area contributed by atoms with Crippen LogP contribution in [0.2, 0.25) is 5.15 Å². The molecule has 0 spiro atoms. The molecule has 3 N–H and O–H groups in total. The first-order valence-corrected chi connectivity index (χ1v) is 9.50. The van der Waals surface area contributed by atoms with E-state index in [1.807, 2.05) is 0 Å². The first-order chi connectivity index (χ1) is 14.9. The number of alkyl halides is 3. The number of carbonyl (C=O) groups excluding carboxylic acids is 2. The van der Waals surface area contributed by atoms with Gasteiger partial charge in [0.15, 0.2) is 0 Å². The largest absolute Gasteiger partial charge is 0.493 e. The molecule has 2 heterocycles. The van der Waals surface area contributed by atoms with E-state index in [9.17, 15) is 33.0 Å². The molecule has 0 amide bonds. The third-order valence-corrected chi connectivity index (χ3v) is 4.35. The summed E-state index contributed by atoms with van der Waals surface area (Å²) < 4.78 is 48.8. The molecule has 0 fully saturated rings. The fourth-order valence-corrected chi connectivity index (χ4v) is 2.80. The molecule has 0 saturated heterocycles. The lowest BCUT2D eigenvalue weighted by Crippen LogP contribution is -2.18. The van der Waals surface area contributed by atoms with E-state index < -0.39 is 46.2 Å². The molecule has 0 radical (unpaired) electrons. The number of hydrogen-bond donors (Lipinski definition) is 3. The van der Waals surface area contributed by atoms with Crippen molar-refractivity contribution in [1.29, 1.82) is 0 Å². The molecule has 0 bridgehead atoms. The maximum atomic E-state index is 12.8. The highest BCUT2D eigenvalue weighted by Gasteiger charge is 2.34. The maximum Gasteiger partial charge on any atom is 0.419 e. The average molecular weight is 478 g/mol. The number of anilines is 1. The van der Waals surface area contributed by atoms with Crippen LogP contribution >= 0.6 is 11.6 Å². The smallest absolute Gasteiger partial charge is 0.419 e. The lowest BCUT2D eigenvalue weighted by Gasteiger charge is -2.12. The van der Waals surface area contributed by atoms with Gasteiger partial charge in [-0.2, -0.15) is 17.8 Å². The van der Waals surface area contributed by atoms with Crippen LogP contribution in [-0.4, -0.2) is 45.0 Å². The number of nitrogens with one attached hydrogen (secondary N) is 1. The average Bonchev–Trinajstić information content (AvgIpc) is 2.89. The van der Waals surface area contributed by atoms with Crippen LogP contribution in [-0.2, 0) is 25.2 Å². The fourth-order valence-electron chi connectivity index (χ4n) is 2.54. The molecule has 174 valence electrons. The summed E-state index contributed by atoms with van der Waals surface area (Å²) >= 11 is 5.58. The van der Waals surface area contributed by atoms with E-state index in [0.29, 0.717) is 10.7 Å². The van der Waals surface area contributed by atoms with Gasteiger partial charge < -0.3 is 19.7 Å². The molecule has 0 atom stereocenters. The van der Waals surface area contributed by atoms with Gasteiger partial charge in [0, 0.05) is 11.1 Å². The first-order valence-electron chi connectivity index (χ1n) is 9.12. The van der Waals surface area contributed by atoms with E-state index in [4.69, 9.17) is 21.1 Å². The predicted octanol–water partition coefficient (Wildman–Crippen LogP) is 3.66. The SMILES string of the molecule is CCOC(=O)C(=Cc1c(C)c(O)n(Nc2ccc(C(F)(F)F)c(Cl)n2)c1O)C(=O)OCC. The van der Waals surface area contributed by atoms with Crippen LogP contribution < -0.4 is 5.43 Å². The molecular formula is C19H19ClF3N3O6. The Morgan fingerprint density at radius 2 is 1.72 bits per heavy atom. The number of rotatable bonds is 7. The second kappa shape index (κ2) is 9.81. The molecule has 0 aliphatic rings. The Hall–Kier alpha value is -3.41. The Balaban J connectivity index is 2.50. The van der Waals surface area contributed by atoms with Crippen molar-refractivity contribution in [3.8, 4) is 11.8 Å². The zero-order valence-electron chi connectivity index (χ0n) is 17.1. The molecule has 13 heteroatoms. The summed E-state index contributed by atoms with van der Waals surface area (Å²) in [4.78, 5) is 27.8. The molecule has 2 rings (SSSR count). The van der Waals surface area contributed by atoms with Gasteiger partial charge in [-0.05, 0) is 39.0 Å². The van der Waals surface area contributed by atoms with E-state index in [0.717, 1.165) is 12.1 Å². The van der Waals surface area contributed by atoms with Crippen molar-refractivity contribution in [3.63, 3.8) is 0 Å². The summed E-state index contributed by atoms with van der Waals surface area (Å²) in [5.74, 6) is -3.51. The predicted molar refractivity (Wildman–Crippen MR) is 107 cm³/mol. The van der Waals surface area contributed by atoms with Gasteiger partial charge in [0.1, 0.15) is 16.5 Å². The van der Waals surface area contributed by atoms with Crippen LogP contribution in [0.5, 0.6) is 11.8 Å². The number of nitrogens with zero attached hydrogens (tertiary/aromatic N) is 2. The summed E-state index contributed by atoms with van der Waals surface area (Å²) in [6.45, 7) is 4.35. The maximum absolute atomic E-state index is 12.8. The summed E-state index contributed by atoms with van der Waals surface area (Å²) in [7, 11) is 0. The second-order valence-electron chi connectivity index (χ2n) is 6.16. The first kappa shape index (κ1) is 24.9. The Kier molecular flexibility index (Phi) is 7.62. The molecule has 0 aliphatic carbocycles. The third kappa shape index (κ3) is 5.25. The summed E-state index contributed by atoms with van der Waals surface area (Å²) in [5, 5.41) is 20.0. The Labute approximate surface area is 185 Å². The van der Waals surface area contributed by atoms with Gasteiger partial charge in [0.25, 0.3) is 0 Å². The fraction of sp³-hybridized carbons (Fsp3) is 0.316. The lowest BCUT2D eigenvalue weighted by molar-refractivity contribution is -0.146. The van der Waals surface area contributed by atoms with Crippen LogP contribution in [0, 0.1) is 6.92 Å². The van der Waals surface area contributed by atoms with Crippen LogP contribution in [0.15, 0.2) is 17.7 Å². The zero-order valence-corrected chi connectivity index (χ0v) is 17.8. The van der Waals surface area contributed by atoms with Crippen molar-refractivity contribution >= 4 is 35.4 Å². The van der Waals surface area contributed by atoms with E-state index in [-0.39, 0.29) is 30.2 Å². The number of hydrogen-bond acceptors (Lipinski definition) is 8. The third-order valence-electron chi connectivity index (χ3n) is 4.06. The molecule has 0 aliphatic heterocycles. The Morgan fingerprint density at radius 3 is 2.19 bits per heavy atom. The van der Waals surface area contributed by atoms with E-state index in [2.05, 4.69) is 10.4 Å². The van der Waals surface area contributed by atoms with Crippen molar-refractivity contribution < 1.29 is 42.4 Å². The topological polar surface area (TPSA) is 123 Å². The van der Waals surface area contributed by atoms with Crippen LogP contribution in [0.4, 0.5) is 19.0 Å². The van der Waals surface area contributed by atoms with Gasteiger partial charge >= 0.3 is 18.1 Å². The van der Waals surface area contributed by atoms with Crippen molar-refractivity contribution in [2.75, 3.05) is 18.6 Å². The standard InChI is InChI=1S/C19H19ClF3N3O6/c1-4-31-17(29)11(18(30)32-5-2)8-10-9(3)15(27)26(16(10)28)25-13-7-6-12(14(20)24-13)19(21,22)23/h6-8,27-28H,4-5H2,1-3H3,(H,24,25). The van der Waals surface area contributed by atoms with Crippen molar-refractivity contribution in [1.82, 2.24) is 9.66 Å². The lowest BCUT2D eigenvalue weighted by atomic mass is 10.1. The number of halogens is 4. The van der Waals surface area contributed by atoms with Gasteiger partial charge in [0.2, 0.25) is 11.8 Å². The van der Waals surface area contributed by atoms with Gasteiger partial charge in [-0.25, -0.2) is 14.6 Å².